The SMILES string of the molecule is Cc1cscc1CNC(=O)C1CC2CCC1N2. The first-order valence-electron chi connectivity index (χ1n) is 6.29. The first-order valence-corrected chi connectivity index (χ1v) is 7.24. The highest BCUT2D eigenvalue weighted by atomic mass is 32.1. The van der Waals surface area contributed by atoms with Crippen LogP contribution in [0.15, 0.2) is 10.8 Å². The molecular weight excluding hydrogens is 232 g/mol. The van der Waals surface area contributed by atoms with Gasteiger partial charge in [-0.2, -0.15) is 11.3 Å². The average Bonchev–Trinajstić information content (AvgIpc) is 3.01. The minimum absolute atomic E-state index is 0.202. The molecule has 4 heteroatoms. The number of carbonyl (C=O) groups is 1. The van der Waals surface area contributed by atoms with Crippen molar-refractivity contribution in [2.75, 3.05) is 0 Å². The van der Waals surface area contributed by atoms with Crippen molar-refractivity contribution in [2.45, 2.75) is 44.8 Å². The highest BCUT2D eigenvalue weighted by Crippen LogP contribution is 2.33. The fraction of sp³-hybridized carbons (Fsp3) is 0.615. The van der Waals surface area contributed by atoms with Gasteiger partial charge in [-0.3, -0.25) is 4.79 Å². The number of aryl methyl sites for hydroxylation is 1. The van der Waals surface area contributed by atoms with Crippen LogP contribution in [0.4, 0.5) is 0 Å². The summed E-state index contributed by atoms with van der Waals surface area (Å²) < 4.78 is 0. The lowest BCUT2D eigenvalue weighted by Gasteiger charge is -2.19. The molecule has 2 aliphatic heterocycles. The molecule has 0 aliphatic carbocycles. The molecule has 0 aromatic carbocycles. The van der Waals surface area contributed by atoms with Crippen LogP contribution in [-0.2, 0) is 11.3 Å². The highest BCUT2D eigenvalue weighted by Gasteiger charge is 2.42. The van der Waals surface area contributed by atoms with E-state index in [0.717, 1.165) is 6.42 Å². The fourth-order valence-corrected chi connectivity index (χ4v) is 3.85. The Labute approximate surface area is 106 Å². The molecule has 17 heavy (non-hydrogen) atoms. The number of thiophene rings is 1. The minimum Gasteiger partial charge on any atom is -0.352 e. The van der Waals surface area contributed by atoms with Crippen molar-refractivity contribution in [2.24, 2.45) is 5.92 Å². The maximum Gasteiger partial charge on any atom is 0.225 e. The number of amides is 1. The van der Waals surface area contributed by atoms with Crippen molar-refractivity contribution in [3.05, 3.63) is 21.9 Å². The van der Waals surface area contributed by atoms with E-state index in [0.29, 0.717) is 18.6 Å². The third kappa shape index (κ3) is 2.11. The Kier molecular flexibility index (Phi) is 2.92. The van der Waals surface area contributed by atoms with Crippen LogP contribution in [-0.4, -0.2) is 18.0 Å². The summed E-state index contributed by atoms with van der Waals surface area (Å²) in [5.74, 6) is 0.433. The Morgan fingerprint density at radius 2 is 2.41 bits per heavy atom. The lowest BCUT2D eigenvalue weighted by atomic mass is 9.88. The number of hydrogen-bond acceptors (Lipinski definition) is 3. The predicted octanol–water partition coefficient (Wildman–Crippen LogP) is 1.81. The minimum atomic E-state index is 0.202. The summed E-state index contributed by atoms with van der Waals surface area (Å²) in [5, 5.41) is 10.8. The first kappa shape index (κ1) is 11.2. The van der Waals surface area contributed by atoms with E-state index >= 15 is 0 Å². The van der Waals surface area contributed by atoms with Crippen molar-refractivity contribution >= 4 is 17.2 Å². The molecule has 2 bridgehead atoms. The van der Waals surface area contributed by atoms with Crippen molar-refractivity contribution in [3.8, 4) is 0 Å². The van der Waals surface area contributed by atoms with Gasteiger partial charge in [0.15, 0.2) is 0 Å². The number of nitrogens with one attached hydrogen (secondary N) is 2. The van der Waals surface area contributed by atoms with Crippen LogP contribution in [0.1, 0.15) is 30.4 Å². The lowest BCUT2D eigenvalue weighted by Crippen LogP contribution is -2.37. The molecule has 2 aliphatic rings. The summed E-state index contributed by atoms with van der Waals surface area (Å²) in [6, 6.07) is 1.03. The van der Waals surface area contributed by atoms with Crippen molar-refractivity contribution in [3.63, 3.8) is 0 Å². The van der Waals surface area contributed by atoms with Gasteiger partial charge in [0.1, 0.15) is 0 Å². The zero-order valence-electron chi connectivity index (χ0n) is 10.0. The van der Waals surface area contributed by atoms with E-state index in [-0.39, 0.29) is 11.8 Å². The van der Waals surface area contributed by atoms with E-state index in [1.165, 1.54) is 24.0 Å². The second kappa shape index (κ2) is 4.42. The molecule has 3 atom stereocenters. The molecule has 1 amide bonds. The standard InChI is InChI=1S/C13H18N2OS/c1-8-6-17-7-9(8)5-14-13(16)11-4-10-2-3-12(11)15-10/h6-7,10-12,15H,2-5H2,1H3,(H,14,16). The maximum absolute atomic E-state index is 12.1. The zero-order valence-corrected chi connectivity index (χ0v) is 10.8. The molecular formula is C13H18N2OS. The van der Waals surface area contributed by atoms with Crippen LogP contribution in [0.3, 0.4) is 0 Å². The Hall–Kier alpha value is -0.870. The summed E-state index contributed by atoms with van der Waals surface area (Å²) >= 11 is 1.70. The second-order valence-electron chi connectivity index (χ2n) is 5.19. The smallest absolute Gasteiger partial charge is 0.225 e. The number of hydrogen-bond donors (Lipinski definition) is 2. The van der Waals surface area contributed by atoms with E-state index in [1.54, 1.807) is 11.3 Å². The zero-order chi connectivity index (χ0) is 11.8. The van der Waals surface area contributed by atoms with Crippen LogP contribution in [0, 0.1) is 12.8 Å². The summed E-state index contributed by atoms with van der Waals surface area (Å²) in [6.45, 7) is 2.78. The molecule has 3 nitrogen and oxygen atoms in total. The summed E-state index contributed by atoms with van der Waals surface area (Å²) in [7, 11) is 0. The molecule has 2 saturated heterocycles. The van der Waals surface area contributed by atoms with E-state index in [4.69, 9.17) is 0 Å². The number of rotatable bonds is 3. The van der Waals surface area contributed by atoms with Gasteiger partial charge >= 0.3 is 0 Å². The Morgan fingerprint density at radius 3 is 3.00 bits per heavy atom. The van der Waals surface area contributed by atoms with Gasteiger partial charge in [0.2, 0.25) is 5.91 Å². The van der Waals surface area contributed by atoms with Gasteiger partial charge in [-0.25, -0.2) is 0 Å². The van der Waals surface area contributed by atoms with Gasteiger partial charge in [0, 0.05) is 18.6 Å². The molecule has 1 aromatic heterocycles. The third-order valence-electron chi connectivity index (χ3n) is 4.05. The van der Waals surface area contributed by atoms with Crippen molar-refractivity contribution < 1.29 is 4.79 Å². The number of carbonyl (C=O) groups excluding carboxylic acids is 1. The quantitative estimate of drug-likeness (QED) is 0.859. The van der Waals surface area contributed by atoms with Gasteiger partial charge in [-0.1, -0.05) is 0 Å². The van der Waals surface area contributed by atoms with Crippen molar-refractivity contribution in [1.82, 2.24) is 10.6 Å². The summed E-state index contributed by atoms with van der Waals surface area (Å²) in [4.78, 5) is 12.1. The fourth-order valence-electron chi connectivity index (χ4n) is 3.00. The maximum atomic E-state index is 12.1. The van der Waals surface area contributed by atoms with Crippen molar-refractivity contribution in [1.29, 1.82) is 0 Å². The molecule has 0 spiro atoms. The monoisotopic (exact) mass is 250 g/mol. The second-order valence-corrected chi connectivity index (χ2v) is 5.93. The first-order chi connectivity index (χ1) is 8.24. The molecule has 0 saturated carbocycles. The van der Waals surface area contributed by atoms with Gasteiger partial charge in [0.25, 0.3) is 0 Å². The summed E-state index contributed by atoms with van der Waals surface area (Å²) in [5.41, 5.74) is 2.53. The normalized spacial score (nSPS) is 30.8. The molecule has 1 aromatic rings. The van der Waals surface area contributed by atoms with Crippen LogP contribution in [0.2, 0.25) is 0 Å². The van der Waals surface area contributed by atoms with E-state index in [2.05, 4.69) is 28.3 Å². The molecule has 92 valence electrons. The van der Waals surface area contributed by atoms with E-state index < -0.39 is 0 Å². The molecule has 3 rings (SSSR count). The molecule has 2 N–H and O–H groups in total. The predicted molar refractivity (Wildman–Crippen MR) is 69.0 cm³/mol. The van der Waals surface area contributed by atoms with E-state index in [1.807, 2.05) is 0 Å². The van der Waals surface area contributed by atoms with Crippen LogP contribution >= 0.6 is 11.3 Å². The Bertz CT molecular complexity index is 429. The van der Waals surface area contributed by atoms with Gasteiger partial charge < -0.3 is 10.6 Å². The molecule has 3 unspecified atom stereocenters. The van der Waals surface area contributed by atoms with Crippen LogP contribution in [0.25, 0.3) is 0 Å². The Morgan fingerprint density at radius 1 is 1.53 bits per heavy atom. The largest absolute Gasteiger partial charge is 0.352 e. The molecule has 2 fully saturated rings. The molecule has 0 radical (unpaired) electrons. The van der Waals surface area contributed by atoms with Crippen LogP contribution < -0.4 is 10.6 Å². The third-order valence-corrected chi connectivity index (χ3v) is 4.96. The summed E-state index contributed by atoms with van der Waals surface area (Å²) in [6.07, 6.45) is 3.44. The van der Waals surface area contributed by atoms with Gasteiger partial charge in [-0.15, -0.1) is 0 Å². The number of fused-ring (bicyclic) bond motifs is 2. The van der Waals surface area contributed by atoms with Crippen LogP contribution in [0.5, 0.6) is 0 Å². The van der Waals surface area contributed by atoms with Gasteiger partial charge in [0.05, 0.1) is 5.92 Å². The van der Waals surface area contributed by atoms with Gasteiger partial charge in [-0.05, 0) is 48.1 Å². The average molecular weight is 250 g/mol. The van der Waals surface area contributed by atoms with E-state index in [9.17, 15) is 4.79 Å². The lowest BCUT2D eigenvalue weighted by molar-refractivity contribution is -0.125. The highest BCUT2D eigenvalue weighted by molar-refractivity contribution is 7.08. The topological polar surface area (TPSA) is 41.1 Å². The Balaban J connectivity index is 1.56. The molecule has 3 heterocycles.